The van der Waals surface area contributed by atoms with Crippen molar-refractivity contribution in [1.82, 2.24) is 19.1 Å². The van der Waals surface area contributed by atoms with Crippen LogP contribution in [0.15, 0.2) is 33.2 Å². The molecule has 3 aromatic rings. The van der Waals surface area contributed by atoms with Gasteiger partial charge in [-0.15, -0.1) is 11.3 Å². The van der Waals surface area contributed by atoms with E-state index in [9.17, 15) is 9.59 Å². The minimum Gasteiger partial charge on any atom is -0.338 e. The zero-order valence-corrected chi connectivity index (χ0v) is 14.3. The summed E-state index contributed by atoms with van der Waals surface area (Å²) in [5.74, 6) is 0.707. The summed E-state index contributed by atoms with van der Waals surface area (Å²) in [6.45, 7) is 1.56. The van der Waals surface area contributed by atoms with Crippen LogP contribution >= 0.6 is 11.3 Å². The highest BCUT2D eigenvalue weighted by Gasteiger charge is 2.21. The largest absolute Gasteiger partial charge is 0.338 e. The molecule has 0 aromatic carbocycles. The molecule has 0 spiro atoms. The van der Waals surface area contributed by atoms with E-state index < -0.39 is 11.2 Å². The fourth-order valence-corrected chi connectivity index (χ4v) is 3.91. The molecule has 0 aliphatic carbocycles. The maximum Gasteiger partial charge on any atom is 0.329 e. The van der Waals surface area contributed by atoms with Crippen molar-refractivity contribution in [3.8, 4) is 0 Å². The first-order valence-corrected chi connectivity index (χ1v) is 8.58. The van der Waals surface area contributed by atoms with Gasteiger partial charge in [-0.3, -0.25) is 14.3 Å². The molecule has 1 aliphatic heterocycles. The van der Waals surface area contributed by atoms with Crippen LogP contribution in [-0.4, -0.2) is 32.2 Å². The van der Waals surface area contributed by atoms with Crippen LogP contribution in [-0.2, 0) is 14.1 Å². The van der Waals surface area contributed by atoms with Gasteiger partial charge in [0, 0.05) is 32.1 Å². The number of rotatable bonds is 2. The van der Waals surface area contributed by atoms with E-state index in [1.54, 1.807) is 23.0 Å². The number of H-pyrrole nitrogens is 1. The van der Waals surface area contributed by atoms with Gasteiger partial charge in [-0.05, 0) is 23.4 Å². The number of imidazole rings is 1. The molecule has 1 N–H and O–H groups in total. The fourth-order valence-electron chi connectivity index (χ4n) is 3.12. The molecule has 0 amide bonds. The van der Waals surface area contributed by atoms with E-state index in [0.29, 0.717) is 17.1 Å². The molecule has 124 valence electrons. The number of hydrogen-bond acceptors (Lipinski definition) is 5. The highest BCUT2D eigenvalue weighted by atomic mass is 32.1. The Bertz CT molecular complexity index is 1050. The highest BCUT2D eigenvalue weighted by Crippen LogP contribution is 2.28. The molecule has 3 aromatic heterocycles. The Labute approximate surface area is 141 Å². The number of nitrogens with one attached hydrogen (secondary N) is 1. The van der Waals surface area contributed by atoms with E-state index in [1.807, 2.05) is 7.05 Å². The molecule has 0 radical (unpaired) electrons. The van der Waals surface area contributed by atoms with Gasteiger partial charge in [-0.2, -0.15) is 4.98 Å². The second kappa shape index (κ2) is 5.48. The Morgan fingerprint density at radius 3 is 2.75 bits per heavy atom. The van der Waals surface area contributed by atoms with E-state index >= 15 is 0 Å². The summed E-state index contributed by atoms with van der Waals surface area (Å²) in [7, 11) is 3.42. The molecule has 1 aliphatic rings. The molecule has 0 saturated carbocycles. The molecular weight excluding hydrogens is 326 g/mol. The first kappa shape index (κ1) is 14.9. The molecule has 0 saturated heterocycles. The zero-order valence-electron chi connectivity index (χ0n) is 13.4. The molecule has 0 atom stereocenters. The lowest BCUT2D eigenvalue weighted by molar-refractivity contribution is 0.767. The summed E-state index contributed by atoms with van der Waals surface area (Å²) in [5.41, 5.74) is 1.33. The summed E-state index contributed by atoms with van der Waals surface area (Å²) in [5, 5.41) is 2.08. The van der Waals surface area contributed by atoms with Crippen LogP contribution in [0.4, 0.5) is 5.95 Å². The molecule has 0 fully saturated rings. The van der Waals surface area contributed by atoms with Crippen molar-refractivity contribution in [2.45, 2.75) is 6.42 Å². The van der Waals surface area contributed by atoms with Gasteiger partial charge in [-0.1, -0.05) is 12.1 Å². The smallest absolute Gasteiger partial charge is 0.329 e. The van der Waals surface area contributed by atoms with Crippen molar-refractivity contribution in [2.24, 2.45) is 14.1 Å². The average Bonchev–Trinajstić information content (AvgIpc) is 3.21. The number of aromatic nitrogens is 4. The van der Waals surface area contributed by atoms with Gasteiger partial charge in [-0.25, -0.2) is 4.79 Å². The molecular formula is C16H17N5O2S. The van der Waals surface area contributed by atoms with Crippen molar-refractivity contribution >= 4 is 34.0 Å². The van der Waals surface area contributed by atoms with E-state index in [1.165, 1.54) is 15.0 Å². The fraction of sp³-hybridized carbons (Fsp3) is 0.312. The Kier molecular flexibility index (Phi) is 3.42. The summed E-state index contributed by atoms with van der Waals surface area (Å²) in [4.78, 5) is 34.2. The SMILES string of the molecule is Cn1c(N2CC=C(c3cccs3)CC2)nc2c1c(=O)[nH]c(=O)n2C. The van der Waals surface area contributed by atoms with Crippen LogP contribution in [0.3, 0.4) is 0 Å². The van der Waals surface area contributed by atoms with E-state index in [0.717, 1.165) is 19.5 Å². The van der Waals surface area contributed by atoms with E-state index in [2.05, 4.69) is 38.5 Å². The summed E-state index contributed by atoms with van der Waals surface area (Å²) in [6.07, 6.45) is 3.14. The quantitative estimate of drug-likeness (QED) is 0.761. The highest BCUT2D eigenvalue weighted by molar-refractivity contribution is 7.11. The van der Waals surface area contributed by atoms with Crippen LogP contribution in [0, 0.1) is 0 Å². The Balaban J connectivity index is 1.75. The maximum absolute atomic E-state index is 12.1. The van der Waals surface area contributed by atoms with Gasteiger partial charge in [0.2, 0.25) is 5.95 Å². The number of anilines is 1. The van der Waals surface area contributed by atoms with Gasteiger partial charge in [0.05, 0.1) is 0 Å². The maximum atomic E-state index is 12.1. The predicted octanol–water partition coefficient (Wildman–Crippen LogP) is 1.32. The minimum absolute atomic E-state index is 0.402. The lowest BCUT2D eigenvalue weighted by Crippen LogP contribution is -2.30. The number of thiophene rings is 1. The Morgan fingerprint density at radius 2 is 2.08 bits per heavy atom. The summed E-state index contributed by atoms with van der Waals surface area (Å²) in [6, 6.07) is 4.20. The van der Waals surface area contributed by atoms with Crippen LogP contribution < -0.4 is 16.1 Å². The van der Waals surface area contributed by atoms with Crippen LogP contribution in [0.25, 0.3) is 16.7 Å². The molecule has 0 bridgehead atoms. The summed E-state index contributed by atoms with van der Waals surface area (Å²) < 4.78 is 3.13. The van der Waals surface area contributed by atoms with Crippen molar-refractivity contribution in [3.05, 3.63) is 49.3 Å². The second-order valence-corrected chi connectivity index (χ2v) is 6.81. The van der Waals surface area contributed by atoms with Crippen molar-refractivity contribution < 1.29 is 0 Å². The molecule has 4 heterocycles. The average molecular weight is 343 g/mol. The molecule has 0 unspecified atom stereocenters. The van der Waals surface area contributed by atoms with Crippen molar-refractivity contribution in [1.29, 1.82) is 0 Å². The standard InChI is InChI=1S/C16H17N5O2S/c1-19-12-13(20(2)16(23)18-14(12)22)17-15(19)21-7-5-10(6-8-21)11-4-3-9-24-11/h3-5,9H,6-8H2,1-2H3,(H,18,22,23). The first-order chi connectivity index (χ1) is 11.6. The van der Waals surface area contributed by atoms with Gasteiger partial charge in [0.25, 0.3) is 5.56 Å². The van der Waals surface area contributed by atoms with Crippen molar-refractivity contribution in [2.75, 3.05) is 18.0 Å². The van der Waals surface area contributed by atoms with Gasteiger partial charge >= 0.3 is 5.69 Å². The normalized spacial score (nSPS) is 15.1. The number of aryl methyl sites for hydroxylation is 2. The minimum atomic E-state index is -0.448. The molecule has 8 heteroatoms. The van der Waals surface area contributed by atoms with E-state index in [4.69, 9.17) is 0 Å². The predicted molar refractivity (Wildman–Crippen MR) is 95.7 cm³/mol. The van der Waals surface area contributed by atoms with Crippen molar-refractivity contribution in [3.63, 3.8) is 0 Å². The lowest BCUT2D eigenvalue weighted by Gasteiger charge is -2.26. The van der Waals surface area contributed by atoms with Crippen LogP contribution in [0.5, 0.6) is 0 Å². The lowest BCUT2D eigenvalue weighted by atomic mass is 10.1. The molecule has 24 heavy (non-hydrogen) atoms. The van der Waals surface area contributed by atoms with Gasteiger partial charge in [0.1, 0.15) is 0 Å². The molecule has 4 rings (SSSR count). The monoisotopic (exact) mass is 343 g/mol. The van der Waals surface area contributed by atoms with Gasteiger partial charge in [0.15, 0.2) is 11.2 Å². The van der Waals surface area contributed by atoms with Gasteiger partial charge < -0.3 is 9.47 Å². The number of hydrogen-bond donors (Lipinski definition) is 1. The topological polar surface area (TPSA) is 75.9 Å². The molecule has 7 nitrogen and oxygen atoms in total. The Morgan fingerprint density at radius 1 is 1.25 bits per heavy atom. The second-order valence-electron chi connectivity index (χ2n) is 5.86. The number of aromatic amines is 1. The third kappa shape index (κ3) is 2.22. The Hall–Kier alpha value is -2.61. The van der Waals surface area contributed by atoms with Crippen LogP contribution in [0.1, 0.15) is 11.3 Å². The third-order valence-corrected chi connectivity index (χ3v) is 5.39. The van der Waals surface area contributed by atoms with Crippen LogP contribution in [0.2, 0.25) is 0 Å². The number of nitrogens with zero attached hydrogens (tertiary/aromatic N) is 4. The zero-order chi connectivity index (χ0) is 16.8. The van der Waals surface area contributed by atoms with E-state index in [-0.39, 0.29) is 0 Å². The third-order valence-electron chi connectivity index (χ3n) is 4.44. The first-order valence-electron chi connectivity index (χ1n) is 7.70. The summed E-state index contributed by atoms with van der Waals surface area (Å²) >= 11 is 1.75. The number of fused-ring (bicyclic) bond motifs is 1.